The van der Waals surface area contributed by atoms with Crippen LogP contribution >= 0.6 is 11.6 Å². The molecule has 2 aromatic heterocycles. The van der Waals surface area contributed by atoms with Gasteiger partial charge in [-0.1, -0.05) is 25.4 Å². The van der Waals surface area contributed by atoms with Crippen molar-refractivity contribution in [3.05, 3.63) is 40.3 Å². The maximum Gasteiger partial charge on any atom is 0.264 e. The van der Waals surface area contributed by atoms with Gasteiger partial charge in [0.05, 0.1) is 11.7 Å². The van der Waals surface area contributed by atoms with Crippen LogP contribution in [-0.2, 0) is 6.54 Å². The third-order valence-corrected chi connectivity index (χ3v) is 4.95. The lowest BCUT2D eigenvalue weighted by molar-refractivity contribution is 0.151. The molecule has 1 fully saturated rings. The summed E-state index contributed by atoms with van der Waals surface area (Å²) in [6, 6.07) is 2.86. The van der Waals surface area contributed by atoms with Gasteiger partial charge < -0.3 is 4.90 Å². The molecule has 1 aliphatic rings. The van der Waals surface area contributed by atoms with Gasteiger partial charge in [0.25, 0.3) is 6.43 Å². The van der Waals surface area contributed by atoms with Gasteiger partial charge in [-0.3, -0.25) is 4.68 Å². The van der Waals surface area contributed by atoms with Gasteiger partial charge in [-0.25, -0.2) is 13.8 Å². The Hall–Kier alpha value is -1.69. The van der Waals surface area contributed by atoms with Gasteiger partial charge in [0.1, 0.15) is 11.0 Å². The molecule has 1 unspecified atom stereocenters. The second-order valence-electron chi connectivity index (χ2n) is 6.97. The topological polar surface area (TPSA) is 34.0 Å². The lowest BCUT2D eigenvalue weighted by Crippen LogP contribution is -2.24. The van der Waals surface area contributed by atoms with E-state index in [1.54, 1.807) is 0 Å². The maximum absolute atomic E-state index is 13.0. The summed E-state index contributed by atoms with van der Waals surface area (Å²) in [6.07, 6.45) is 0.829. The van der Waals surface area contributed by atoms with E-state index in [1.165, 1.54) is 18.3 Å². The highest BCUT2D eigenvalue weighted by Crippen LogP contribution is 2.40. The number of anilines is 1. The minimum absolute atomic E-state index is 0.00558. The van der Waals surface area contributed by atoms with Gasteiger partial charge in [0.2, 0.25) is 0 Å². The van der Waals surface area contributed by atoms with Crippen molar-refractivity contribution in [1.29, 1.82) is 0 Å². The van der Waals surface area contributed by atoms with Crippen LogP contribution in [0.15, 0.2) is 18.3 Å². The molecule has 0 N–H and O–H groups in total. The molecule has 1 saturated heterocycles. The molecule has 4 nitrogen and oxygen atoms in total. The summed E-state index contributed by atoms with van der Waals surface area (Å²) in [4.78, 5) is 6.39. The Labute approximate surface area is 151 Å². The van der Waals surface area contributed by atoms with E-state index in [2.05, 4.69) is 28.8 Å². The summed E-state index contributed by atoms with van der Waals surface area (Å²) in [6.45, 7) is 7.72. The molecular formula is C18H23ClF2N4. The number of hydrogen-bond acceptors (Lipinski definition) is 3. The van der Waals surface area contributed by atoms with Crippen LogP contribution in [0.3, 0.4) is 0 Å². The van der Waals surface area contributed by atoms with Crippen molar-refractivity contribution in [2.45, 2.75) is 52.6 Å². The number of hydrogen-bond donors (Lipinski definition) is 0. The predicted octanol–water partition coefficient (Wildman–Crippen LogP) is 5.18. The molecule has 0 aromatic carbocycles. The first-order chi connectivity index (χ1) is 11.9. The summed E-state index contributed by atoms with van der Waals surface area (Å²) < 4.78 is 27.9. The van der Waals surface area contributed by atoms with E-state index in [9.17, 15) is 8.78 Å². The second kappa shape index (κ2) is 7.28. The molecule has 3 heterocycles. The van der Waals surface area contributed by atoms with Crippen LogP contribution in [0.5, 0.6) is 0 Å². The molecule has 1 atom stereocenters. The Morgan fingerprint density at radius 2 is 2.12 bits per heavy atom. The van der Waals surface area contributed by atoms with E-state index in [0.29, 0.717) is 16.9 Å². The molecule has 0 saturated carbocycles. The Kier molecular flexibility index (Phi) is 5.27. The zero-order chi connectivity index (χ0) is 18.1. The molecule has 0 amide bonds. The van der Waals surface area contributed by atoms with E-state index in [1.807, 2.05) is 11.6 Å². The molecule has 3 rings (SSSR count). The Morgan fingerprint density at radius 1 is 1.36 bits per heavy atom. The van der Waals surface area contributed by atoms with Crippen molar-refractivity contribution < 1.29 is 8.78 Å². The standard InChI is InChI=1S/C18H23ClF2N4/c1-11(2)10-25-17(19)16(12(3)23-25)14-5-4-8-24(14)15-9-13(18(20)21)6-7-22-15/h6-7,9,11,14,18H,4-5,8,10H2,1-3H3. The van der Waals surface area contributed by atoms with Gasteiger partial charge in [0.15, 0.2) is 0 Å². The largest absolute Gasteiger partial charge is 0.349 e. The molecule has 136 valence electrons. The normalized spacial score (nSPS) is 17.9. The SMILES string of the molecule is Cc1nn(CC(C)C)c(Cl)c1C1CCCN1c1cc(C(F)F)ccn1. The average Bonchev–Trinajstić information content (AvgIpc) is 3.12. The fraction of sp³-hybridized carbons (Fsp3) is 0.556. The van der Waals surface area contributed by atoms with Crippen molar-refractivity contribution in [3.8, 4) is 0 Å². The highest BCUT2D eigenvalue weighted by atomic mass is 35.5. The lowest BCUT2D eigenvalue weighted by Gasteiger charge is -2.26. The molecule has 0 aliphatic carbocycles. The van der Waals surface area contributed by atoms with Crippen LogP contribution in [0.1, 0.15) is 56.0 Å². The van der Waals surface area contributed by atoms with Gasteiger partial charge in [0, 0.05) is 30.4 Å². The molecule has 0 radical (unpaired) electrons. The average molecular weight is 369 g/mol. The van der Waals surface area contributed by atoms with Crippen molar-refractivity contribution in [1.82, 2.24) is 14.8 Å². The minimum atomic E-state index is -2.50. The van der Waals surface area contributed by atoms with E-state index in [0.717, 1.165) is 37.2 Å². The molecular weight excluding hydrogens is 346 g/mol. The van der Waals surface area contributed by atoms with E-state index in [4.69, 9.17) is 11.6 Å². The highest BCUT2D eigenvalue weighted by molar-refractivity contribution is 6.30. The Balaban J connectivity index is 1.95. The number of alkyl halides is 2. The van der Waals surface area contributed by atoms with Crippen molar-refractivity contribution in [2.75, 3.05) is 11.4 Å². The zero-order valence-corrected chi connectivity index (χ0v) is 15.5. The highest BCUT2D eigenvalue weighted by Gasteiger charge is 2.32. The molecule has 1 aliphatic heterocycles. The van der Waals surface area contributed by atoms with E-state index in [-0.39, 0.29) is 11.6 Å². The Bertz CT molecular complexity index is 745. The van der Waals surface area contributed by atoms with Crippen molar-refractivity contribution >= 4 is 17.4 Å². The van der Waals surface area contributed by atoms with E-state index < -0.39 is 6.43 Å². The van der Waals surface area contributed by atoms with Crippen LogP contribution in [-0.4, -0.2) is 21.3 Å². The van der Waals surface area contributed by atoms with Crippen LogP contribution in [0.2, 0.25) is 5.15 Å². The van der Waals surface area contributed by atoms with Crippen LogP contribution in [0, 0.1) is 12.8 Å². The molecule has 7 heteroatoms. The summed E-state index contributed by atoms with van der Waals surface area (Å²) in [7, 11) is 0. The first-order valence-corrected chi connectivity index (χ1v) is 8.99. The molecule has 2 aromatic rings. The third kappa shape index (κ3) is 3.64. The van der Waals surface area contributed by atoms with Crippen LogP contribution < -0.4 is 4.90 Å². The smallest absolute Gasteiger partial charge is 0.264 e. The number of pyridine rings is 1. The van der Waals surface area contributed by atoms with Crippen LogP contribution in [0.25, 0.3) is 0 Å². The molecule has 25 heavy (non-hydrogen) atoms. The van der Waals surface area contributed by atoms with Crippen molar-refractivity contribution in [2.24, 2.45) is 5.92 Å². The number of rotatable bonds is 5. The van der Waals surface area contributed by atoms with Gasteiger partial charge >= 0.3 is 0 Å². The van der Waals surface area contributed by atoms with Gasteiger partial charge in [-0.2, -0.15) is 5.10 Å². The maximum atomic E-state index is 13.0. The summed E-state index contributed by atoms with van der Waals surface area (Å²) in [5.41, 5.74) is 1.88. The second-order valence-corrected chi connectivity index (χ2v) is 7.32. The number of nitrogens with zero attached hydrogens (tertiary/aromatic N) is 4. The summed E-state index contributed by atoms with van der Waals surface area (Å²) >= 11 is 6.62. The third-order valence-electron chi connectivity index (χ3n) is 4.55. The quantitative estimate of drug-likeness (QED) is 0.729. The minimum Gasteiger partial charge on any atom is -0.349 e. The lowest BCUT2D eigenvalue weighted by atomic mass is 10.1. The van der Waals surface area contributed by atoms with Crippen LogP contribution in [0.4, 0.5) is 14.6 Å². The van der Waals surface area contributed by atoms with Gasteiger partial charge in [-0.05, 0) is 37.8 Å². The number of halogens is 3. The Morgan fingerprint density at radius 3 is 2.80 bits per heavy atom. The van der Waals surface area contributed by atoms with E-state index >= 15 is 0 Å². The summed E-state index contributed by atoms with van der Waals surface area (Å²) in [5.74, 6) is 1.01. The molecule has 0 bridgehead atoms. The fourth-order valence-electron chi connectivity index (χ4n) is 3.48. The first kappa shape index (κ1) is 18.1. The van der Waals surface area contributed by atoms with Crippen molar-refractivity contribution in [3.63, 3.8) is 0 Å². The monoisotopic (exact) mass is 368 g/mol. The first-order valence-electron chi connectivity index (χ1n) is 8.62. The predicted molar refractivity (Wildman–Crippen MR) is 95.3 cm³/mol. The van der Waals surface area contributed by atoms with Gasteiger partial charge in [-0.15, -0.1) is 0 Å². The molecule has 0 spiro atoms. The summed E-state index contributed by atoms with van der Waals surface area (Å²) in [5, 5.41) is 5.23. The fourth-order valence-corrected chi connectivity index (χ4v) is 3.85. The number of aromatic nitrogens is 3. The number of aryl methyl sites for hydroxylation is 1. The zero-order valence-electron chi connectivity index (χ0n) is 14.7.